The second-order valence-corrected chi connectivity index (χ2v) is 14.7. The van der Waals surface area contributed by atoms with Crippen LogP contribution in [0.5, 0.6) is 0 Å². The van der Waals surface area contributed by atoms with E-state index in [9.17, 15) is 0 Å². The van der Waals surface area contributed by atoms with Crippen molar-refractivity contribution in [2.75, 3.05) is 6.54 Å². The van der Waals surface area contributed by atoms with Crippen molar-refractivity contribution in [1.82, 2.24) is 0 Å². The SMILES string of the molecule is CCCCCC=CCC=CCCCCCCCCC1(CCCCCCCCCCCCCCCCCC)OC(C)C(C)(CN)O1. The van der Waals surface area contributed by atoms with E-state index in [1.807, 2.05) is 0 Å². The predicted octanol–water partition coefficient (Wildman–Crippen LogP) is 13.7. The van der Waals surface area contributed by atoms with Crippen LogP contribution in [0.15, 0.2) is 24.3 Å². The molecule has 0 radical (unpaired) electrons. The average Bonchev–Trinajstić information content (AvgIpc) is 3.30. The molecule has 1 rings (SSSR count). The van der Waals surface area contributed by atoms with Crippen LogP contribution in [0.25, 0.3) is 0 Å². The number of rotatable bonds is 33. The van der Waals surface area contributed by atoms with Gasteiger partial charge in [-0.15, -0.1) is 0 Å². The van der Waals surface area contributed by atoms with Gasteiger partial charge in [0, 0.05) is 19.4 Å². The number of ether oxygens (including phenoxy) is 2. The van der Waals surface area contributed by atoms with E-state index >= 15 is 0 Å². The van der Waals surface area contributed by atoms with Crippen molar-refractivity contribution in [1.29, 1.82) is 0 Å². The summed E-state index contributed by atoms with van der Waals surface area (Å²) in [4.78, 5) is 0. The van der Waals surface area contributed by atoms with Crippen LogP contribution < -0.4 is 5.73 Å². The Morgan fingerprint density at radius 3 is 1.27 bits per heavy atom. The molecule has 266 valence electrons. The summed E-state index contributed by atoms with van der Waals surface area (Å²) in [7, 11) is 0. The summed E-state index contributed by atoms with van der Waals surface area (Å²) in [6, 6.07) is 0. The Kier molecular flexibility index (Phi) is 27.8. The fourth-order valence-electron chi connectivity index (χ4n) is 6.86. The van der Waals surface area contributed by atoms with E-state index in [1.165, 1.54) is 173 Å². The Balaban J connectivity index is 2.12. The Morgan fingerprint density at radius 1 is 0.511 bits per heavy atom. The highest BCUT2D eigenvalue weighted by Gasteiger charge is 2.51. The van der Waals surface area contributed by atoms with Gasteiger partial charge in [-0.3, -0.25) is 0 Å². The van der Waals surface area contributed by atoms with Gasteiger partial charge >= 0.3 is 0 Å². The highest BCUT2D eigenvalue weighted by Crippen LogP contribution is 2.42. The van der Waals surface area contributed by atoms with Gasteiger partial charge in [-0.2, -0.15) is 0 Å². The second kappa shape index (κ2) is 29.5. The van der Waals surface area contributed by atoms with Crippen LogP contribution in [0.1, 0.15) is 220 Å². The first kappa shape index (κ1) is 42.4. The lowest BCUT2D eigenvalue weighted by atomic mass is 9.98. The van der Waals surface area contributed by atoms with Gasteiger partial charge in [0.05, 0.1) is 6.10 Å². The van der Waals surface area contributed by atoms with E-state index in [4.69, 9.17) is 15.2 Å². The number of hydrogen-bond donors (Lipinski definition) is 1. The molecule has 0 amide bonds. The van der Waals surface area contributed by atoms with Crippen molar-refractivity contribution in [3.63, 3.8) is 0 Å². The zero-order valence-corrected chi connectivity index (χ0v) is 31.2. The molecule has 1 fully saturated rings. The molecule has 45 heavy (non-hydrogen) atoms. The van der Waals surface area contributed by atoms with Gasteiger partial charge in [0.25, 0.3) is 0 Å². The summed E-state index contributed by atoms with van der Waals surface area (Å²) in [6.45, 7) is 9.39. The van der Waals surface area contributed by atoms with Gasteiger partial charge in [0.15, 0.2) is 5.79 Å². The second-order valence-electron chi connectivity index (χ2n) is 14.7. The lowest BCUT2D eigenvalue weighted by molar-refractivity contribution is -0.196. The Labute approximate surface area is 283 Å². The summed E-state index contributed by atoms with van der Waals surface area (Å²) in [5.74, 6) is -0.418. The van der Waals surface area contributed by atoms with Gasteiger partial charge in [-0.05, 0) is 58.8 Å². The largest absolute Gasteiger partial charge is 0.344 e. The third-order valence-corrected chi connectivity index (χ3v) is 10.2. The minimum atomic E-state index is -0.418. The molecule has 1 heterocycles. The molecule has 0 aromatic heterocycles. The molecule has 0 saturated carbocycles. The monoisotopic (exact) mass is 632 g/mol. The zero-order chi connectivity index (χ0) is 32.7. The Hall–Kier alpha value is -0.640. The molecule has 2 N–H and O–H groups in total. The van der Waals surface area contributed by atoms with Crippen LogP contribution in [0, 0.1) is 0 Å². The van der Waals surface area contributed by atoms with Gasteiger partial charge in [0.2, 0.25) is 0 Å². The standard InChI is InChI=1S/C42H81NO2/c1-5-7-9-11-13-15-17-19-21-23-25-27-29-31-33-35-37-42(44-40(3)41(4,39-43)45-42)38-36-34-32-30-28-26-24-22-20-18-16-14-12-10-8-6-2/h13,15,19,21,40H,5-12,14,16-18,20,22-39,43H2,1-4H3. The summed E-state index contributed by atoms with van der Waals surface area (Å²) in [5.41, 5.74) is 5.79. The summed E-state index contributed by atoms with van der Waals surface area (Å²) in [6.07, 6.45) is 49.3. The number of hydrogen-bond acceptors (Lipinski definition) is 3. The highest BCUT2D eigenvalue weighted by molar-refractivity contribution is 4.94. The average molecular weight is 632 g/mol. The third-order valence-electron chi connectivity index (χ3n) is 10.2. The highest BCUT2D eigenvalue weighted by atomic mass is 16.8. The van der Waals surface area contributed by atoms with Crippen LogP contribution in [0.3, 0.4) is 0 Å². The molecular formula is C42H81NO2. The first-order valence-corrected chi connectivity index (χ1v) is 20.4. The van der Waals surface area contributed by atoms with Gasteiger partial charge < -0.3 is 15.2 Å². The minimum Gasteiger partial charge on any atom is -0.344 e. The molecule has 0 aromatic rings. The smallest absolute Gasteiger partial charge is 0.169 e. The van der Waals surface area contributed by atoms with Gasteiger partial charge in [-0.25, -0.2) is 0 Å². The van der Waals surface area contributed by atoms with Gasteiger partial charge in [-0.1, -0.05) is 173 Å². The molecule has 3 atom stereocenters. The fraction of sp³-hybridized carbons (Fsp3) is 0.905. The normalized spacial score (nSPS) is 22.0. The Bertz CT molecular complexity index is 690. The molecular weight excluding hydrogens is 550 g/mol. The summed E-state index contributed by atoms with van der Waals surface area (Å²) < 4.78 is 13.3. The van der Waals surface area contributed by atoms with E-state index in [-0.39, 0.29) is 11.7 Å². The summed E-state index contributed by atoms with van der Waals surface area (Å²) >= 11 is 0. The zero-order valence-electron chi connectivity index (χ0n) is 31.2. The van der Waals surface area contributed by atoms with E-state index in [2.05, 4.69) is 52.0 Å². The number of unbranched alkanes of at least 4 members (excludes halogenated alkanes) is 24. The van der Waals surface area contributed by atoms with Crippen molar-refractivity contribution in [3.8, 4) is 0 Å². The van der Waals surface area contributed by atoms with E-state index in [0.29, 0.717) is 6.54 Å². The van der Waals surface area contributed by atoms with Crippen molar-refractivity contribution in [3.05, 3.63) is 24.3 Å². The molecule has 1 aliphatic rings. The first-order chi connectivity index (χ1) is 22.0. The van der Waals surface area contributed by atoms with Crippen LogP contribution >= 0.6 is 0 Å². The van der Waals surface area contributed by atoms with E-state index in [0.717, 1.165) is 19.3 Å². The molecule has 3 nitrogen and oxygen atoms in total. The number of nitrogens with two attached hydrogens (primary N) is 1. The summed E-state index contributed by atoms with van der Waals surface area (Å²) in [5, 5.41) is 0. The lowest BCUT2D eigenvalue weighted by Gasteiger charge is -2.31. The topological polar surface area (TPSA) is 44.5 Å². The molecule has 0 spiro atoms. The fourth-order valence-corrected chi connectivity index (χ4v) is 6.86. The lowest BCUT2D eigenvalue weighted by Crippen LogP contribution is -2.43. The van der Waals surface area contributed by atoms with Gasteiger partial charge in [0.1, 0.15) is 5.60 Å². The van der Waals surface area contributed by atoms with Crippen LogP contribution in [-0.2, 0) is 9.47 Å². The molecule has 0 aromatic carbocycles. The van der Waals surface area contributed by atoms with Crippen molar-refractivity contribution >= 4 is 0 Å². The first-order valence-electron chi connectivity index (χ1n) is 20.4. The predicted molar refractivity (Wildman–Crippen MR) is 200 cm³/mol. The molecule has 1 aliphatic heterocycles. The quantitative estimate of drug-likeness (QED) is 0.0579. The molecule has 3 heteroatoms. The van der Waals surface area contributed by atoms with Crippen molar-refractivity contribution in [2.24, 2.45) is 5.73 Å². The minimum absolute atomic E-state index is 0.0631. The molecule has 3 unspecified atom stereocenters. The van der Waals surface area contributed by atoms with E-state index < -0.39 is 5.79 Å². The van der Waals surface area contributed by atoms with Crippen LogP contribution in [-0.4, -0.2) is 24.0 Å². The van der Waals surface area contributed by atoms with Crippen LogP contribution in [0.2, 0.25) is 0 Å². The third kappa shape index (κ3) is 22.5. The van der Waals surface area contributed by atoms with E-state index in [1.54, 1.807) is 0 Å². The molecule has 1 saturated heterocycles. The molecule has 0 aliphatic carbocycles. The van der Waals surface area contributed by atoms with Crippen molar-refractivity contribution < 1.29 is 9.47 Å². The maximum Gasteiger partial charge on any atom is 0.169 e. The Morgan fingerprint density at radius 2 is 0.867 bits per heavy atom. The molecule has 0 bridgehead atoms. The van der Waals surface area contributed by atoms with Crippen LogP contribution in [0.4, 0.5) is 0 Å². The maximum absolute atomic E-state index is 6.69. The van der Waals surface area contributed by atoms with Crippen molar-refractivity contribution in [2.45, 2.75) is 238 Å². The maximum atomic E-state index is 6.69. The number of allylic oxidation sites excluding steroid dienone is 4.